The van der Waals surface area contributed by atoms with Crippen LogP contribution in [0, 0.1) is 28.6 Å². The van der Waals surface area contributed by atoms with Crippen molar-refractivity contribution < 1.29 is 23.5 Å². The van der Waals surface area contributed by atoms with Gasteiger partial charge in [-0.15, -0.1) is 0 Å². The van der Waals surface area contributed by atoms with Gasteiger partial charge in [0.25, 0.3) is 5.91 Å². The third-order valence-electron chi connectivity index (χ3n) is 13.2. The van der Waals surface area contributed by atoms with Gasteiger partial charge >= 0.3 is 5.97 Å². The quantitative estimate of drug-likeness (QED) is 0.144. The summed E-state index contributed by atoms with van der Waals surface area (Å²) in [5, 5.41) is 30.9. The Hall–Kier alpha value is -7.28. The van der Waals surface area contributed by atoms with Crippen molar-refractivity contribution in [2.24, 2.45) is 5.92 Å². The van der Waals surface area contributed by atoms with E-state index >= 15 is 0 Å². The molecule has 1 amide bonds. The standard InChI is InChI=1S/C26H25FN6O.C24H25N5.C3H3FO2.2H2S/c1-18(27)26(34)33-14-13-32(15-20(33)9-11-28)25-22-10-12-31(16-23(22)29-17-30-25)24-8-4-6-19-5-2-3-7-21(19)24;25-12-10-18-5-4-13-29(15-18)24-21-11-14-28(16-22(21)26-17-27-24)23-9-3-7-19-6-1-2-8-20(19)23;1-2(4)3(5)6;;/h2-8,17,20H,1,9-10,12-16H2;1-3,6-9,17-18H,4-5,10-11,13-16H2;1H2,(H,5,6);2*1H2/t20-;18-;;;/m00.../s1. The molecule has 2 aromatic heterocycles. The molecule has 0 aliphatic carbocycles. The fourth-order valence-electron chi connectivity index (χ4n) is 9.90. The molecule has 18 heteroatoms. The van der Waals surface area contributed by atoms with Gasteiger partial charge in [-0.25, -0.2) is 29.1 Å². The van der Waals surface area contributed by atoms with E-state index in [0.717, 1.165) is 87.0 Å². The number of piperazine rings is 1. The van der Waals surface area contributed by atoms with E-state index in [-0.39, 0.29) is 33.4 Å². The average Bonchev–Trinajstić information content (AvgIpc) is 3.38. The van der Waals surface area contributed by atoms with E-state index in [1.807, 2.05) is 6.07 Å². The van der Waals surface area contributed by atoms with Gasteiger partial charge in [-0.3, -0.25) is 4.79 Å². The number of nitrogens with zero attached hydrogens (tertiary/aromatic N) is 11. The lowest BCUT2D eigenvalue weighted by molar-refractivity contribution is -0.134. The van der Waals surface area contributed by atoms with Gasteiger partial charge in [0, 0.05) is 85.5 Å². The van der Waals surface area contributed by atoms with Crippen LogP contribution in [0.15, 0.2) is 122 Å². The summed E-state index contributed by atoms with van der Waals surface area (Å²) in [7, 11) is 0. The van der Waals surface area contributed by atoms with E-state index in [4.69, 9.17) is 10.4 Å². The highest BCUT2D eigenvalue weighted by Crippen LogP contribution is 2.36. The average molecular weight is 998 g/mol. The number of hydrogen-bond acceptors (Lipinski definition) is 12. The van der Waals surface area contributed by atoms with Crippen LogP contribution in [0.3, 0.4) is 0 Å². The molecule has 10 rings (SSSR count). The number of carbonyl (C=O) groups excluding carboxylic acids is 1. The molecule has 0 radical (unpaired) electrons. The van der Waals surface area contributed by atoms with Crippen molar-refractivity contribution in [2.75, 3.05) is 65.4 Å². The highest BCUT2D eigenvalue weighted by Gasteiger charge is 2.34. The summed E-state index contributed by atoms with van der Waals surface area (Å²) < 4.78 is 24.5. The van der Waals surface area contributed by atoms with Gasteiger partial charge in [0.2, 0.25) is 5.83 Å². The van der Waals surface area contributed by atoms with Crippen LogP contribution >= 0.6 is 27.0 Å². The molecule has 0 saturated carbocycles. The lowest BCUT2D eigenvalue weighted by Crippen LogP contribution is -2.55. The van der Waals surface area contributed by atoms with Crippen LogP contribution in [0.25, 0.3) is 21.5 Å². The number of nitriles is 2. The van der Waals surface area contributed by atoms with Crippen LogP contribution in [0.5, 0.6) is 0 Å². The molecule has 4 aromatic carbocycles. The van der Waals surface area contributed by atoms with E-state index in [9.17, 15) is 23.6 Å². The molecule has 2 saturated heterocycles. The SMILES string of the molecule is C=C(F)C(=O)N1CCN(c2ncnc3c2CCN(c2cccc4ccccc24)C3)C[C@@H]1CC#N.C=C(F)C(=O)O.N#CC[C@@H]1CCCN(c2ncnc3c2CCN(c2cccc4ccccc24)C3)C1.S.S. The van der Waals surface area contributed by atoms with Crippen LogP contribution in [0.1, 0.15) is 48.2 Å². The molecule has 71 heavy (non-hydrogen) atoms. The zero-order valence-electron chi connectivity index (χ0n) is 39.4. The summed E-state index contributed by atoms with van der Waals surface area (Å²) in [5.41, 5.74) is 6.98. The molecule has 2 atom stereocenters. The highest BCUT2D eigenvalue weighted by atomic mass is 32.1. The van der Waals surface area contributed by atoms with Crippen molar-refractivity contribution >= 4 is 83.4 Å². The fourth-order valence-corrected chi connectivity index (χ4v) is 9.90. The Morgan fingerprint density at radius 3 is 1.62 bits per heavy atom. The third-order valence-corrected chi connectivity index (χ3v) is 13.2. The number of anilines is 4. The summed E-state index contributed by atoms with van der Waals surface area (Å²) in [4.78, 5) is 50.6. The minimum atomic E-state index is -1.60. The van der Waals surface area contributed by atoms with E-state index in [0.29, 0.717) is 38.5 Å². The van der Waals surface area contributed by atoms with E-state index in [1.165, 1.54) is 43.4 Å². The number of aliphatic carboxylic acids is 1. The topological polar surface area (TPSA) is 170 Å². The number of benzene rings is 4. The van der Waals surface area contributed by atoms with Crippen molar-refractivity contribution in [1.82, 2.24) is 24.8 Å². The summed E-state index contributed by atoms with van der Waals surface area (Å²) in [6, 6.07) is 33.9. The molecule has 0 bridgehead atoms. The molecule has 0 unspecified atom stereocenters. The molecule has 6 aromatic rings. The maximum Gasteiger partial charge on any atom is 0.364 e. The van der Waals surface area contributed by atoms with E-state index < -0.39 is 29.6 Å². The monoisotopic (exact) mass is 997 g/mol. The first-order valence-electron chi connectivity index (χ1n) is 23.1. The predicted molar refractivity (Wildman–Crippen MR) is 283 cm³/mol. The minimum Gasteiger partial charge on any atom is -0.476 e. The second kappa shape index (κ2) is 24.5. The molecule has 6 heterocycles. The fraction of sp³-hybridized carbons (Fsp3) is 0.321. The summed E-state index contributed by atoms with van der Waals surface area (Å²) >= 11 is 0. The van der Waals surface area contributed by atoms with Crippen LogP contribution in [0.4, 0.5) is 31.8 Å². The van der Waals surface area contributed by atoms with E-state index in [2.05, 4.69) is 144 Å². The molecule has 4 aliphatic rings. The lowest BCUT2D eigenvalue weighted by atomic mass is 9.94. The van der Waals surface area contributed by atoms with Gasteiger partial charge in [-0.2, -0.15) is 41.9 Å². The number of carbonyl (C=O) groups is 2. The number of rotatable bonds is 8. The van der Waals surface area contributed by atoms with Crippen LogP contribution in [-0.4, -0.2) is 93.7 Å². The Morgan fingerprint density at radius 2 is 1.13 bits per heavy atom. The Morgan fingerprint density at radius 1 is 0.634 bits per heavy atom. The van der Waals surface area contributed by atoms with Gasteiger partial charge in [-0.05, 0) is 54.5 Å². The number of amides is 1. The number of hydrogen-bond donors (Lipinski definition) is 1. The normalized spacial score (nSPS) is 17.0. The first-order chi connectivity index (χ1) is 33.5. The number of carboxylic acids is 1. The summed E-state index contributed by atoms with van der Waals surface area (Å²) in [5.74, 6) is -2.27. The second-order valence-corrected chi connectivity index (χ2v) is 17.5. The molecule has 14 nitrogen and oxygen atoms in total. The number of halogens is 2. The van der Waals surface area contributed by atoms with Crippen LogP contribution in [0.2, 0.25) is 0 Å². The highest BCUT2D eigenvalue weighted by molar-refractivity contribution is 7.59. The molecular formula is C53H57F2N11O3S2. The lowest BCUT2D eigenvalue weighted by Gasteiger charge is -2.42. The summed E-state index contributed by atoms with van der Waals surface area (Å²) in [6.45, 7) is 12.1. The Balaban J connectivity index is 0.000000205. The first-order valence-corrected chi connectivity index (χ1v) is 23.1. The van der Waals surface area contributed by atoms with Gasteiger partial charge in [0.15, 0.2) is 5.83 Å². The zero-order valence-corrected chi connectivity index (χ0v) is 41.4. The molecule has 2 fully saturated rings. The largest absolute Gasteiger partial charge is 0.476 e. The molecule has 1 N–H and O–H groups in total. The van der Waals surface area contributed by atoms with Crippen molar-refractivity contribution in [3.8, 4) is 12.1 Å². The number of fused-ring (bicyclic) bond motifs is 4. The number of piperidine rings is 1. The Labute approximate surface area is 426 Å². The van der Waals surface area contributed by atoms with Gasteiger partial charge in [0.05, 0.1) is 49.1 Å². The summed E-state index contributed by atoms with van der Waals surface area (Å²) in [6.07, 6.45) is 8.08. The second-order valence-electron chi connectivity index (χ2n) is 17.5. The van der Waals surface area contributed by atoms with Crippen molar-refractivity contribution in [1.29, 1.82) is 10.5 Å². The minimum absolute atomic E-state index is 0. The zero-order chi connectivity index (χ0) is 48.4. The molecule has 4 aliphatic heterocycles. The van der Waals surface area contributed by atoms with Crippen LogP contribution in [-0.2, 0) is 35.5 Å². The third kappa shape index (κ3) is 12.2. The predicted octanol–water partition coefficient (Wildman–Crippen LogP) is 8.71. The van der Waals surface area contributed by atoms with Gasteiger partial charge in [0.1, 0.15) is 24.3 Å². The Kier molecular flexibility index (Phi) is 18.3. The maximum atomic E-state index is 13.5. The molecule has 368 valence electrons. The van der Waals surface area contributed by atoms with Crippen LogP contribution < -0.4 is 19.6 Å². The number of carboxylic acid groups (broad SMARTS) is 1. The van der Waals surface area contributed by atoms with Crippen molar-refractivity contribution in [2.45, 2.75) is 57.7 Å². The smallest absolute Gasteiger partial charge is 0.364 e. The van der Waals surface area contributed by atoms with Gasteiger partial charge in [-0.1, -0.05) is 86.0 Å². The van der Waals surface area contributed by atoms with E-state index in [1.54, 1.807) is 12.7 Å². The Bertz CT molecular complexity index is 2960. The first kappa shape index (κ1) is 53.1. The molecule has 0 spiro atoms. The number of aromatic nitrogens is 4. The van der Waals surface area contributed by atoms with Crippen molar-refractivity contribution in [3.05, 3.63) is 145 Å². The maximum absolute atomic E-state index is 13.5. The van der Waals surface area contributed by atoms with Gasteiger partial charge < -0.3 is 29.6 Å². The molecular weight excluding hydrogens is 941 g/mol. The van der Waals surface area contributed by atoms with Crippen molar-refractivity contribution in [3.63, 3.8) is 0 Å².